The van der Waals surface area contributed by atoms with Gasteiger partial charge in [-0.2, -0.15) is 0 Å². The fraction of sp³-hybridized carbons (Fsp3) is 0.760. The van der Waals surface area contributed by atoms with Gasteiger partial charge in [0.15, 0.2) is 5.78 Å². The molecule has 0 saturated heterocycles. The van der Waals surface area contributed by atoms with Gasteiger partial charge in [0.05, 0.1) is 5.60 Å². The van der Waals surface area contributed by atoms with Gasteiger partial charge in [-0.15, -0.1) is 0 Å². The van der Waals surface area contributed by atoms with Crippen LogP contribution >= 0.6 is 0 Å². The molecular formula is C25H35NO2. The van der Waals surface area contributed by atoms with Crippen molar-refractivity contribution in [3.05, 3.63) is 30.1 Å². The first kappa shape index (κ1) is 18.8. The summed E-state index contributed by atoms with van der Waals surface area (Å²) in [4.78, 5) is 17.6. The molecule has 4 fully saturated rings. The molecule has 4 aliphatic carbocycles. The Balaban J connectivity index is 1.37. The molecule has 0 unspecified atom stereocenters. The van der Waals surface area contributed by atoms with Gasteiger partial charge in [0.1, 0.15) is 5.69 Å². The molecule has 1 aromatic rings. The van der Waals surface area contributed by atoms with Crippen molar-refractivity contribution in [2.75, 3.05) is 0 Å². The normalized spacial score (nSPS) is 47.7. The Kier molecular flexibility index (Phi) is 4.46. The summed E-state index contributed by atoms with van der Waals surface area (Å²) in [6.07, 6.45) is 12.3. The van der Waals surface area contributed by atoms with E-state index in [0.717, 1.165) is 42.9 Å². The summed E-state index contributed by atoms with van der Waals surface area (Å²) in [5.74, 6) is 4.30. The maximum absolute atomic E-state index is 13.3. The maximum atomic E-state index is 13.3. The molecule has 0 bridgehead atoms. The summed E-state index contributed by atoms with van der Waals surface area (Å²) < 4.78 is 0. The zero-order valence-electron chi connectivity index (χ0n) is 17.4. The Morgan fingerprint density at radius 3 is 2.61 bits per heavy atom. The Morgan fingerprint density at radius 1 is 1.00 bits per heavy atom. The SMILES string of the molecule is C[C@@]1(O)CC[C@H]2[C@@H](CC[C@@H]3[C@@H]2CC[C@]2(C)[C@@H](C(=O)c4ccccn4)CC[C@@H]32)C1. The number of nitrogens with zero attached hydrogens (tertiary/aromatic N) is 1. The van der Waals surface area contributed by atoms with Crippen LogP contribution in [0.3, 0.4) is 0 Å². The zero-order chi connectivity index (χ0) is 19.5. The van der Waals surface area contributed by atoms with Gasteiger partial charge in [-0.25, -0.2) is 0 Å². The fourth-order valence-electron chi connectivity index (χ4n) is 8.20. The third-order valence-electron chi connectivity index (χ3n) is 9.47. The lowest BCUT2D eigenvalue weighted by atomic mass is 9.49. The van der Waals surface area contributed by atoms with Crippen molar-refractivity contribution >= 4 is 5.78 Å². The van der Waals surface area contributed by atoms with E-state index in [1.807, 2.05) is 25.1 Å². The predicted molar refractivity (Wildman–Crippen MR) is 110 cm³/mol. The van der Waals surface area contributed by atoms with Crippen LogP contribution in [0.4, 0.5) is 0 Å². The average Bonchev–Trinajstić information content (AvgIpc) is 3.04. The highest BCUT2D eigenvalue weighted by Crippen LogP contribution is 2.64. The number of carbonyl (C=O) groups is 1. The molecule has 3 heteroatoms. The number of aromatic nitrogens is 1. The van der Waals surface area contributed by atoms with Gasteiger partial charge < -0.3 is 5.11 Å². The molecule has 4 saturated carbocycles. The monoisotopic (exact) mass is 381 g/mol. The molecule has 0 radical (unpaired) electrons. The van der Waals surface area contributed by atoms with Crippen LogP contribution in [0, 0.1) is 40.9 Å². The van der Waals surface area contributed by atoms with Crippen LogP contribution in [0.2, 0.25) is 0 Å². The number of hydrogen-bond acceptors (Lipinski definition) is 3. The van der Waals surface area contributed by atoms with Crippen LogP contribution in [0.5, 0.6) is 0 Å². The van der Waals surface area contributed by atoms with E-state index in [1.54, 1.807) is 6.20 Å². The van der Waals surface area contributed by atoms with Crippen molar-refractivity contribution in [2.45, 2.75) is 77.2 Å². The second-order valence-electron chi connectivity index (χ2n) is 10.9. The molecule has 0 aliphatic heterocycles. The van der Waals surface area contributed by atoms with Crippen molar-refractivity contribution in [1.29, 1.82) is 0 Å². The van der Waals surface area contributed by atoms with E-state index < -0.39 is 5.60 Å². The molecule has 8 atom stereocenters. The van der Waals surface area contributed by atoms with Crippen LogP contribution < -0.4 is 0 Å². The highest BCUT2D eigenvalue weighted by atomic mass is 16.3. The standard InChI is InChI=1S/C25H35NO2/c1-24(28)12-10-17-16(15-24)6-7-19-18(17)11-13-25(2)20(19)8-9-21(25)23(27)22-5-3-4-14-26-22/h3-5,14,16-21,28H,6-13,15H2,1-2H3/t16-,17-,18+,19+,20-,21+,24+,25-/m0/s1. The van der Waals surface area contributed by atoms with E-state index >= 15 is 0 Å². The number of hydrogen-bond donors (Lipinski definition) is 1. The minimum absolute atomic E-state index is 0.151. The van der Waals surface area contributed by atoms with Crippen molar-refractivity contribution < 1.29 is 9.90 Å². The van der Waals surface area contributed by atoms with Gasteiger partial charge >= 0.3 is 0 Å². The topological polar surface area (TPSA) is 50.2 Å². The Bertz CT molecular complexity index is 744. The molecule has 152 valence electrons. The molecular weight excluding hydrogens is 346 g/mol. The Hall–Kier alpha value is -1.22. The first-order chi connectivity index (χ1) is 13.4. The smallest absolute Gasteiger partial charge is 0.184 e. The minimum Gasteiger partial charge on any atom is -0.390 e. The molecule has 4 aliphatic rings. The van der Waals surface area contributed by atoms with Crippen molar-refractivity contribution in [3.8, 4) is 0 Å². The third kappa shape index (κ3) is 2.88. The van der Waals surface area contributed by atoms with Gasteiger partial charge in [0.2, 0.25) is 0 Å². The summed E-state index contributed by atoms with van der Waals surface area (Å²) in [7, 11) is 0. The van der Waals surface area contributed by atoms with E-state index in [9.17, 15) is 9.90 Å². The van der Waals surface area contributed by atoms with Crippen LogP contribution in [-0.4, -0.2) is 21.5 Å². The van der Waals surface area contributed by atoms with Crippen molar-refractivity contribution in [3.63, 3.8) is 0 Å². The summed E-state index contributed by atoms with van der Waals surface area (Å²) in [6, 6.07) is 5.72. The molecule has 1 aromatic heterocycles. The van der Waals surface area contributed by atoms with Crippen LogP contribution in [0.25, 0.3) is 0 Å². The van der Waals surface area contributed by atoms with Gasteiger partial charge in [-0.3, -0.25) is 9.78 Å². The molecule has 5 rings (SSSR count). The maximum Gasteiger partial charge on any atom is 0.184 e. The summed E-state index contributed by atoms with van der Waals surface area (Å²) in [5.41, 5.74) is 0.378. The Morgan fingerprint density at radius 2 is 1.82 bits per heavy atom. The van der Waals surface area contributed by atoms with E-state index in [4.69, 9.17) is 0 Å². The number of fused-ring (bicyclic) bond motifs is 5. The van der Waals surface area contributed by atoms with E-state index in [2.05, 4.69) is 11.9 Å². The lowest BCUT2D eigenvalue weighted by molar-refractivity contribution is -0.0976. The number of carbonyl (C=O) groups excluding carboxylic acids is 1. The number of ketones is 1. The molecule has 28 heavy (non-hydrogen) atoms. The minimum atomic E-state index is -0.440. The molecule has 3 nitrogen and oxygen atoms in total. The van der Waals surface area contributed by atoms with Crippen LogP contribution in [-0.2, 0) is 0 Å². The summed E-state index contributed by atoms with van der Waals surface area (Å²) in [6.45, 7) is 4.46. The van der Waals surface area contributed by atoms with Gasteiger partial charge in [0.25, 0.3) is 0 Å². The average molecular weight is 382 g/mol. The quantitative estimate of drug-likeness (QED) is 0.709. The highest BCUT2D eigenvalue weighted by molar-refractivity contribution is 5.96. The first-order valence-electron chi connectivity index (χ1n) is 11.6. The lowest BCUT2D eigenvalue weighted by Crippen LogP contribution is -2.51. The summed E-state index contributed by atoms with van der Waals surface area (Å²) in [5, 5.41) is 10.6. The zero-order valence-corrected chi connectivity index (χ0v) is 17.4. The molecule has 1 heterocycles. The fourth-order valence-corrected chi connectivity index (χ4v) is 8.20. The van der Waals surface area contributed by atoms with Crippen molar-refractivity contribution in [2.24, 2.45) is 40.9 Å². The van der Waals surface area contributed by atoms with Crippen molar-refractivity contribution in [1.82, 2.24) is 4.98 Å². The van der Waals surface area contributed by atoms with Crippen LogP contribution in [0.1, 0.15) is 82.1 Å². The second-order valence-corrected chi connectivity index (χ2v) is 10.9. The van der Waals surface area contributed by atoms with Crippen LogP contribution in [0.15, 0.2) is 24.4 Å². The van der Waals surface area contributed by atoms with E-state index in [1.165, 1.54) is 38.5 Å². The molecule has 0 aromatic carbocycles. The largest absolute Gasteiger partial charge is 0.390 e. The predicted octanol–water partition coefficient (Wildman–Crippen LogP) is 5.28. The van der Waals surface area contributed by atoms with Gasteiger partial charge in [-0.05, 0) is 112 Å². The van der Waals surface area contributed by atoms with Gasteiger partial charge in [0, 0.05) is 12.1 Å². The van der Waals surface area contributed by atoms with E-state index in [-0.39, 0.29) is 17.1 Å². The molecule has 0 amide bonds. The number of Topliss-reactive ketones (excluding diaryl/α,β-unsaturated/α-hetero) is 1. The Labute approximate surface area is 169 Å². The third-order valence-corrected chi connectivity index (χ3v) is 9.47. The van der Waals surface area contributed by atoms with Gasteiger partial charge in [-0.1, -0.05) is 13.0 Å². The first-order valence-corrected chi connectivity index (χ1v) is 11.6. The number of aliphatic hydroxyl groups is 1. The number of rotatable bonds is 2. The number of pyridine rings is 1. The highest BCUT2D eigenvalue weighted by Gasteiger charge is 2.58. The molecule has 1 N–H and O–H groups in total. The lowest BCUT2D eigenvalue weighted by Gasteiger charge is -2.56. The molecule has 0 spiro atoms. The summed E-state index contributed by atoms with van der Waals surface area (Å²) >= 11 is 0. The van der Waals surface area contributed by atoms with E-state index in [0.29, 0.717) is 11.6 Å². The second kappa shape index (κ2) is 6.65.